The van der Waals surface area contributed by atoms with E-state index in [4.69, 9.17) is 9.47 Å². The van der Waals surface area contributed by atoms with Gasteiger partial charge in [0.05, 0.1) is 12.7 Å². The van der Waals surface area contributed by atoms with Gasteiger partial charge in [-0.15, -0.1) is 0 Å². The number of esters is 1. The molecule has 0 bridgehead atoms. The van der Waals surface area contributed by atoms with Crippen LogP contribution in [0.2, 0.25) is 0 Å². The Kier molecular flexibility index (Phi) is 7.77. The van der Waals surface area contributed by atoms with Gasteiger partial charge in [-0.2, -0.15) is 0 Å². The highest BCUT2D eigenvalue weighted by molar-refractivity contribution is 7.94. The Bertz CT molecular complexity index is 992. The van der Waals surface area contributed by atoms with Gasteiger partial charge < -0.3 is 9.47 Å². The summed E-state index contributed by atoms with van der Waals surface area (Å²) in [5.74, 6) is 2.25. The van der Waals surface area contributed by atoms with Crippen molar-refractivity contribution in [1.82, 2.24) is 0 Å². The van der Waals surface area contributed by atoms with E-state index in [1.54, 1.807) is 0 Å². The second kappa shape index (κ2) is 10.5. The van der Waals surface area contributed by atoms with E-state index < -0.39 is 18.5 Å². The third kappa shape index (κ3) is 5.81. The van der Waals surface area contributed by atoms with Crippen LogP contribution in [0.5, 0.6) is 0 Å². The number of hydrogen-bond acceptors (Lipinski definition) is 3. The molecule has 0 amide bonds. The molecule has 3 aromatic carbocycles. The summed E-state index contributed by atoms with van der Waals surface area (Å²) < 4.78 is 11.5. The van der Waals surface area contributed by atoms with Gasteiger partial charge in [0.1, 0.15) is 11.4 Å². The summed E-state index contributed by atoms with van der Waals surface area (Å²) in [5, 5.41) is 3.56. The van der Waals surface area contributed by atoms with Gasteiger partial charge in [-0.1, -0.05) is 91.0 Å². The van der Waals surface area contributed by atoms with Gasteiger partial charge in [-0.25, -0.2) is 4.79 Å². The van der Waals surface area contributed by atoms with E-state index in [9.17, 15) is 4.79 Å². The molecule has 0 spiro atoms. The van der Waals surface area contributed by atoms with Crippen molar-refractivity contribution in [2.24, 2.45) is 0 Å². The fraction of sp³-hybridized carbons (Fsp3) is 0.214. The Morgan fingerprint density at radius 2 is 1.19 bits per heavy atom. The fourth-order valence-corrected chi connectivity index (χ4v) is 7.38. The van der Waals surface area contributed by atoms with E-state index in [0.717, 1.165) is 0 Å². The number of rotatable bonds is 7. The lowest BCUT2D eigenvalue weighted by Crippen LogP contribution is -2.28. The van der Waals surface area contributed by atoms with Crippen LogP contribution in [0.3, 0.4) is 0 Å². The molecule has 0 aliphatic heterocycles. The van der Waals surface area contributed by atoms with Gasteiger partial charge in [0, 0.05) is 0 Å². The van der Waals surface area contributed by atoms with E-state index in [1.165, 1.54) is 22.0 Å². The van der Waals surface area contributed by atoms with Crippen LogP contribution in [-0.2, 0) is 14.3 Å². The number of allylic oxidation sites excluding steroid dienone is 1. The van der Waals surface area contributed by atoms with Crippen LogP contribution in [0.1, 0.15) is 27.7 Å². The SMILES string of the molecule is CCO/C(C=P(c1ccccc1)(c1ccccc1)c1ccccc1)=C\C(=O)OC(C)(C)C. The van der Waals surface area contributed by atoms with Crippen molar-refractivity contribution in [3.8, 4) is 0 Å². The molecule has 0 heterocycles. The third-order valence-electron chi connectivity index (χ3n) is 4.79. The van der Waals surface area contributed by atoms with Crippen molar-refractivity contribution in [2.75, 3.05) is 6.61 Å². The lowest BCUT2D eigenvalue weighted by Gasteiger charge is -2.29. The highest BCUT2D eigenvalue weighted by Crippen LogP contribution is 2.44. The molecule has 3 nitrogen and oxygen atoms in total. The average molecular weight is 447 g/mol. The second-order valence-corrected chi connectivity index (χ2v) is 11.6. The fourth-order valence-electron chi connectivity index (χ4n) is 3.58. The van der Waals surface area contributed by atoms with Crippen molar-refractivity contribution < 1.29 is 14.3 Å². The Hall–Kier alpha value is -3.03. The largest absolute Gasteiger partial charge is 0.494 e. The molecular weight excluding hydrogens is 415 g/mol. The van der Waals surface area contributed by atoms with Gasteiger partial charge in [-0.3, -0.25) is 0 Å². The zero-order valence-electron chi connectivity index (χ0n) is 19.2. The molecule has 0 saturated carbocycles. The first-order chi connectivity index (χ1) is 15.3. The van der Waals surface area contributed by atoms with E-state index in [0.29, 0.717) is 12.4 Å². The standard InChI is InChI=1S/C28H31O3P/c1-5-30-23(21-27(29)31-28(2,3)4)22-32(24-15-9-6-10-16-24,25-17-11-7-12-18-25)26-19-13-8-14-20-26/h6-22H,5H2,1-4H3/b23-21-. The maximum absolute atomic E-state index is 12.7. The van der Waals surface area contributed by atoms with E-state index in [-0.39, 0.29) is 0 Å². The Morgan fingerprint density at radius 3 is 1.53 bits per heavy atom. The minimum atomic E-state index is -2.27. The van der Waals surface area contributed by atoms with Gasteiger partial charge in [0.25, 0.3) is 0 Å². The van der Waals surface area contributed by atoms with Crippen LogP contribution in [0.15, 0.2) is 103 Å². The molecule has 0 unspecified atom stereocenters. The number of carbonyl (C=O) groups is 1. The number of ether oxygens (including phenoxy) is 2. The first-order valence-electron chi connectivity index (χ1n) is 10.8. The summed E-state index contributed by atoms with van der Waals surface area (Å²) in [6.07, 6.45) is 1.47. The second-order valence-electron chi connectivity index (χ2n) is 8.37. The van der Waals surface area contributed by atoms with Crippen molar-refractivity contribution >= 4 is 34.6 Å². The van der Waals surface area contributed by atoms with Gasteiger partial charge >= 0.3 is 5.97 Å². The quantitative estimate of drug-likeness (QED) is 0.221. The molecule has 0 atom stereocenters. The van der Waals surface area contributed by atoms with Crippen molar-refractivity contribution in [3.05, 3.63) is 103 Å². The molecule has 3 aromatic rings. The molecule has 0 aromatic heterocycles. The van der Waals surface area contributed by atoms with Crippen molar-refractivity contribution in [2.45, 2.75) is 33.3 Å². The number of carbonyl (C=O) groups excluding carboxylic acids is 1. The van der Waals surface area contributed by atoms with E-state index in [1.807, 2.05) is 45.9 Å². The zero-order chi connectivity index (χ0) is 23.0. The predicted octanol–water partition coefficient (Wildman–Crippen LogP) is 5.04. The molecule has 0 N–H and O–H groups in total. The summed E-state index contributed by atoms with van der Waals surface area (Å²) in [6.45, 7) is 5.67. The molecule has 0 radical (unpaired) electrons. The lowest BCUT2D eigenvalue weighted by molar-refractivity contribution is -0.148. The maximum Gasteiger partial charge on any atom is 0.335 e. The number of hydrogen-bond donors (Lipinski definition) is 0. The summed E-state index contributed by atoms with van der Waals surface area (Å²) >= 11 is 0. The third-order valence-corrected chi connectivity index (χ3v) is 8.77. The minimum Gasteiger partial charge on any atom is -0.494 e. The highest BCUT2D eigenvalue weighted by Gasteiger charge is 2.26. The normalized spacial score (nSPS) is 12.2. The van der Waals surface area contributed by atoms with Crippen LogP contribution in [-0.4, -0.2) is 24.0 Å². The number of benzene rings is 3. The minimum absolute atomic E-state index is 0.413. The summed E-state index contributed by atoms with van der Waals surface area (Å²) in [6, 6.07) is 31.3. The molecule has 0 aliphatic rings. The van der Waals surface area contributed by atoms with Crippen LogP contribution in [0.4, 0.5) is 0 Å². The highest BCUT2D eigenvalue weighted by atomic mass is 31.2. The molecule has 0 saturated heterocycles. The van der Waals surface area contributed by atoms with Gasteiger partial charge in [-0.05, 0) is 56.3 Å². The Morgan fingerprint density at radius 1 is 0.781 bits per heavy atom. The molecular formula is C28H31O3P. The maximum atomic E-state index is 12.7. The summed E-state index contributed by atoms with van der Waals surface area (Å²) in [7, 11) is 0. The predicted molar refractivity (Wildman–Crippen MR) is 137 cm³/mol. The summed E-state index contributed by atoms with van der Waals surface area (Å²) in [5.41, 5.74) is -0.574. The molecule has 0 fully saturated rings. The topological polar surface area (TPSA) is 35.5 Å². The first-order valence-corrected chi connectivity index (χ1v) is 12.7. The average Bonchev–Trinajstić information content (AvgIpc) is 2.78. The summed E-state index contributed by atoms with van der Waals surface area (Å²) in [4.78, 5) is 12.7. The first kappa shape index (κ1) is 23.6. The molecule has 3 rings (SSSR count). The van der Waals surface area contributed by atoms with Crippen molar-refractivity contribution in [1.29, 1.82) is 0 Å². The smallest absolute Gasteiger partial charge is 0.335 e. The van der Waals surface area contributed by atoms with Crippen LogP contribution in [0, 0.1) is 0 Å². The molecule has 0 aliphatic carbocycles. The monoisotopic (exact) mass is 446 g/mol. The molecule has 32 heavy (non-hydrogen) atoms. The van der Waals surface area contributed by atoms with Crippen LogP contribution < -0.4 is 15.9 Å². The zero-order valence-corrected chi connectivity index (χ0v) is 20.1. The molecule has 4 heteroatoms. The van der Waals surface area contributed by atoms with Gasteiger partial charge in [0.2, 0.25) is 0 Å². The van der Waals surface area contributed by atoms with Crippen LogP contribution >= 0.6 is 6.89 Å². The van der Waals surface area contributed by atoms with Crippen molar-refractivity contribution in [3.63, 3.8) is 0 Å². The van der Waals surface area contributed by atoms with Gasteiger partial charge in [0.15, 0.2) is 0 Å². The van der Waals surface area contributed by atoms with Crippen LogP contribution in [0.25, 0.3) is 0 Å². The lowest BCUT2D eigenvalue weighted by atomic mass is 10.2. The van der Waals surface area contributed by atoms with E-state index >= 15 is 0 Å². The van der Waals surface area contributed by atoms with E-state index in [2.05, 4.69) is 78.6 Å². The molecule has 166 valence electrons. The Labute approximate surface area is 191 Å². The Balaban J connectivity index is 2.34.